The predicted octanol–water partition coefficient (Wildman–Crippen LogP) is 4.27. The molecule has 0 unspecified atom stereocenters. The first kappa shape index (κ1) is 37.3. The van der Waals surface area contributed by atoms with Crippen molar-refractivity contribution in [3.63, 3.8) is 0 Å². The van der Waals surface area contributed by atoms with Crippen LogP contribution in [-0.4, -0.2) is 47.2 Å². The van der Waals surface area contributed by atoms with E-state index in [0.29, 0.717) is 6.61 Å². The van der Waals surface area contributed by atoms with Crippen molar-refractivity contribution in [3.8, 4) is 0 Å². The van der Waals surface area contributed by atoms with Crippen LogP contribution in [0, 0.1) is 0 Å². The summed E-state index contributed by atoms with van der Waals surface area (Å²) in [6.07, 6.45) is -1.29. The van der Waals surface area contributed by atoms with Crippen LogP contribution in [0.1, 0.15) is 52.7 Å². The molecule has 0 saturated heterocycles. The average molecular weight is 642 g/mol. The van der Waals surface area contributed by atoms with Gasteiger partial charge >= 0.3 is 24.1 Å². The molecule has 0 heterocycles. The molecular weight excluding hydrogens is 600 g/mol. The summed E-state index contributed by atoms with van der Waals surface area (Å²) in [6, 6.07) is 18.7. The van der Waals surface area contributed by atoms with Crippen molar-refractivity contribution in [2.45, 2.75) is 64.6 Å². The first-order valence-electron chi connectivity index (χ1n) is 12.7. The maximum absolute atomic E-state index is 11.6. The van der Waals surface area contributed by atoms with Gasteiger partial charge in [0.15, 0.2) is 0 Å². The number of hydrogen-bond acceptors (Lipinski definition) is 10. The van der Waals surface area contributed by atoms with Crippen LogP contribution in [0.25, 0.3) is 0 Å². The number of amides is 2. The van der Waals surface area contributed by atoms with Crippen molar-refractivity contribution in [3.05, 3.63) is 71.8 Å². The average Bonchev–Trinajstić information content (AvgIpc) is 2.95. The normalized spacial score (nSPS) is 10.3. The third kappa shape index (κ3) is 18.3. The molecule has 2 amide bonds. The zero-order chi connectivity index (χ0) is 31.3. The van der Waals surface area contributed by atoms with Crippen molar-refractivity contribution < 1.29 is 38.1 Å². The summed E-state index contributed by atoms with van der Waals surface area (Å²) in [5.74, 6) is 4.14. The number of benzene rings is 2. The van der Waals surface area contributed by atoms with E-state index in [1.54, 1.807) is 41.5 Å². The Morgan fingerprint density at radius 2 is 1.12 bits per heavy atom. The zero-order valence-electron chi connectivity index (χ0n) is 24.3. The third-order valence-corrected chi connectivity index (χ3v) is 4.89. The number of esters is 2. The molecule has 0 saturated carbocycles. The van der Waals surface area contributed by atoms with Crippen LogP contribution in [0.4, 0.5) is 9.59 Å². The molecule has 0 radical (unpaired) electrons. The summed E-state index contributed by atoms with van der Waals surface area (Å²) in [7, 11) is 0. The molecular formula is C28H41BrN4O8. The minimum atomic E-state index is -1.03. The lowest BCUT2D eigenvalue weighted by molar-refractivity contribution is -0.150. The number of rotatable bonds is 10. The fourth-order valence-corrected chi connectivity index (χ4v) is 2.51. The minimum Gasteiger partial charge on any atom is -0.465 e. The first-order valence-corrected chi connectivity index (χ1v) is 13.5. The second kappa shape index (κ2) is 20.2. The van der Waals surface area contributed by atoms with Crippen molar-refractivity contribution in [2.75, 3.05) is 13.2 Å². The number of carbonyl (C=O) groups is 4. The van der Waals surface area contributed by atoms with Gasteiger partial charge in [-0.05, 0) is 52.7 Å². The third-order valence-electron chi connectivity index (χ3n) is 4.57. The Kier molecular flexibility index (Phi) is 18.4. The zero-order valence-corrected chi connectivity index (χ0v) is 25.9. The van der Waals surface area contributed by atoms with Crippen LogP contribution in [0.5, 0.6) is 0 Å². The van der Waals surface area contributed by atoms with Gasteiger partial charge < -0.3 is 18.9 Å². The molecule has 13 heteroatoms. The number of hydrogen-bond donors (Lipinski definition) is 4. The molecule has 2 aromatic carbocycles. The summed E-state index contributed by atoms with van der Waals surface area (Å²) in [4.78, 5) is 44.4. The highest BCUT2D eigenvalue weighted by Gasteiger charge is 2.29. The van der Waals surface area contributed by atoms with Crippen molar-refractivity contribution in [1.82, 2.24) is 16.3 Å². The molecule has 0 aliphatic heterocycles. The molecule has 0 aromatic heterocycles. The van der Waals surface area contributed by atoms with Gasteiger partial charge in [-0.25, -0.2) is 20.9 Å². The van der Waals surface area contributed by atoms with E-state index in [9.17, 15) is 19.2 Å². The van der Waals surface area contributed by atoms with Crippen LogP contribution in [0.2, 0.25) is 0 Å². The van der Waals surface area contributed by atoms with Crippen molar-refractivity contribution >= 4 is 40.1 Å². The van der Waals surface area contributed by atoms with Gasteiger partial charge in [0.1, 0.15) is 23.1 Å². The van der Waals surface area contributed by atoms with Gasteiger partial charge in [-0.1, -0.05) is 76.6 Å². The highest BCUT2D eigenvalue weighted by Crippen LogP contribution is 2.17. The fourth-order valence-electron chi connectivity index (χ4n) is 2.40. The second-order valence-electron chi connectivity index (χ2n) is 9.06. The summed E-state index contributed by atoms with van der Waals surface area (Å²) in [6.45, 7) is 11.3. The highest BCUT2D eigenvalue weighted by molar-refractivity contribution is 9.10. The monoisotopic (exact) mass is 640 g/mol. The Bertz CT molecular complexity index is 1050. The lowest BCUT2D eigenvalue weighted by Crippen LogP contribution is -2.55. The lowest BCUT2D eigenvalue weighted by atomic mass is 10.1. The summed E-state index contributed by atoms with van der Waals surface area (Å²) < 4.78 is 18.8. The number of nitrogens with two attached hydrogens (primary N) is 1. The van der Waals surface area contributed by atoms with Gasteiger partial charge in [0.25, 0.3) is 0 Å². The SMILES string of the molecule is CCOC(=O)C(C)(C)Br.CCOC(=O)C(C)(C)NNC(=O)OCc1ccccc1.NNC(=O)OCc1ccccc1. The largest absolute Gasteiger partial charge is 0.465 e. The molecule has 0 bridgehead atoms. The Labute approximate surface area is 249 Å². The Morgan fingerprint density at radius 3 is 1.49 bits per heavy atom. The van der Waals surface area contributed by atoms with Gasteiger partial charge in [-0.15, -0.1) is 0 Å². The van der Waals surface area contributed by atoms with E-state index in [-0.39, 0.29) is 25.8 Å². The first-order chi connectivity index (χ1) is 19.3. The fraction of sp³-hybridized carbons (Fsp3) is 0.429. The van der Waals surface area contributed by atoms with E-state index in [4.69, 9.17) is 24.8 Å². The van der Waals surface area contributed by atoms with E-state index < -0.39 is 28.0 Å². The summed E-state index contributed by atoms with van der Waals surface area (Å²) in [5.41, 5.74) is 7.56. The van der Waals surface area contributed by atoms with Crippen LogP contribution in [0.15, 0.2) is 60.7 Å². The molecule has 0 atom stereocenters. The number of hydrazine groups is 2. The molecule has 5 N–H and O–H groups in total. The van der Waals surface area contributed by atoms with Gasteiger partial charge in [0.2, 0.25) is 0 Å². The van der Waals surface area contributed by atoms with Crippen LogP contribution in [0.3, 0.4) is 0 Å². The topological polar surface area (TPSA) is 167 Å². The second-order valence-corrected chi connectivity index (χ2v) is 11.0. The molecule has 2 rings (SSSR count). The number of ether oxygens (including phenoxy) is 4. The quantitative estimate of drug-likeness (QED) is 0.0735. The summed E-state index contributed by atoms with van der Waals surface area (Å²) in [5, 5.41) is 0. The van der Waals surface area contributed by atoms with E-state index in [1.807, 2.05) is 66.1 Å². The molecule has 0 aliphatic rings. The molecule has 2 aromatic rings. The highest BCUT2D eigenvalue weighted by atomic mass is 79.9. The van der Waals surface area contributed by atoms with E-state index in [0.717, 1.165) is 11.1 Å². The Morgan fingerprint density at radius 1 is 0.707 bits per heavy atom. The van der Waals surface area contributed by atoms with Crippen molar-refractivity contribution in [2.24, 2.45) is 5.84 Å². The standard InChI is InChI=1S/C14H20N2O4.C8H10N2O2.C6H11BrO2/c1-4-19-12(17)14(2,3)16-15-13(18)20-10-11-8-6-5-7-9-11;9-10-8(11)12-6-7-4-2-1-3-5-7;1-4-9-5(8)6(2,3)7/h5-9,16H,4,10H2,1-3H3,(H,15,18);1-5H,6,9H2,(H,10,11);4H2,1-3H3. The maximum atomic E-state index is 11.6. The molecule has 228 valence electrons. The Balaban J connectivity index is 0.000000646. The van der Waals surface area contributed by atoms with Crippen LogP contribution >= 0.6 is 15.9 Å². The van der Waals surface area contributed by atoms with Crippen molar-refractivity contribution in [1.29, 1.82) is 0 Å². The van der Waals surface area contributed by atoms with Gasteiger partial charge in [-0.3, -0.25) is 20.4 Å². The molecule has 41 heavy (non-hydrogen) atoms. The number of carbonyl (C=O) groups excluding carboxylic acids is 4. The van der Waals surface area contributed by atoms with Gasteiger partial charge in [-0.2, -0.15) is 0 Å². The lowest BCUT2D eigenvalue weighted by Gasteiger charge is -2.23. The molecule has 0 fully saturated rings. The molecule has 0 aliphatic carbocycles. The van der Waals surface area contributed by atoms with E-state index in [2.05, 4.69) is 26.8 Å². The van der Waals surface area contributed by atoms with Crippen LogP contribution in [-0.2, 0) is 41.8 Å². The molecule has 0 spiro atoms. The minimum absolute atomic E-state index is 0.161. The van der Waals surface area contributed by atoms with E-state index in [1.165, 1.54) is 0 Å². The number of halogens is 1. The molecule has 12 nitrogen and oxygen atoms in total. The van der Waals surface area contributed by atoms with Crippen LogP contribution < -0.4 is 22.1 Å². The maximum Gasteiger partial charge on any atom is 0.421 e. The summed E-state index contributed by atoms with van der Waals surface area (Å²) >= 11 is 3.17. The smallest absolute Gasteiger partial charge is 0.421 e. The Hall–Kier alpha value is -3.68. The van der Waals surface area contributed by atoms with Gasteiger partial charge in [0.05, 0.1) is 13.2 Å². The van der Waals surface area contributed by atoms with E-state index >= 15 is 0 Å². The number of alkyl halides is 1. The number of nitrogens with one attached hydrogen (secondary N) is 3. The predicted molar refractivity (Wildman–Crippen MR) is 157 cm³/mol. The van der Waals surface area contributed by atoms with Gasteiger partial charge in [0, 0.05) is 0 Å².